The van der Waals surface area contributed by atoms with Crippen LogP contribution in [0.25, 0.3) is 0 Å². The molecule has 1 aromatic rings. The van der Waals surface area contributed by atoms with Crippen molar-refractivity contribution in [2.45, 2.75) is 18.7 Å². The van der Waals surface area contributed by atoms with E-state index in [0.29, 0.717) is 13.2 Å². The summed E-state index contributed by atoms with van der Waals surface area (Å²) in [6.45, 7) is 4.25. The Labute approximate surface area is 145 Å². The van der Waals surface area contributed by atoms with Crippen molar-refractivity contribution in [2.24, 2.45) is 0 Å². The highest BCUT2D eigenvalue weighted by Gasteiger charge is 2.09. The molecule has 0 aliphatic heterocycles. The van der Waals surface area contributed by atoms with E-state index in [-0.39, 0.29) is 18.2 Å². The lowest BCUT2D eigenvalue weighted by Crippen LogP contribution is -2.38. The molecular weight excluding hydrogens is 332 g/mol. The predicted molar refractivity (Wildman–Crippen MR) is 91.0 cm³/mol. The number of nitrogens with one attached hydrogen (secondary N) is 2. The maximum absolute atomic E-state index is 11.6. The second-order valence-electron chi connectivity index (χ2n) is 4.58. The summed E-state index contributed by atoms with van der Waals surface area (Å²) in [5.74, 6) is -0.434. The van der Waals surface area contributed by atoms with E-state index in [1.165, 1.54) is 11.8 Å². The molecule has 0 atom stereocenters. The summed E-state index contributed by atoms with van der Waals surface area (Å²) < 4.78 is 10.2. The van der Waals surface area contributed by atoms with Crippen LogP contribution in [0.5, 0.6) is 5.75 Å². The van der Waals surface area contributed by atoms with E-state index in [1.807, 2.05) is 31.2 Å². The van der Waals surface area contributed by atoms with Crippen LogP contribution in [0.1, 0.15) is 13.8 Å². The number of hydrogen-bond acceptors (Lipinski definition) is 6. The van der Waals surface area contributed by atoms with Crippen LogP contribution < -0.4 is 15.4 Å². The van der Waals surface area contributed by atoms with Gasteiger partial charge in [-0.2, -0.15) is 0 Å². The van der Waals surface area contributed by atoms with Gasteiger partial charge < -0.3 is 20.1 Å². The Morgan fingerprint density at radius 2 is 1.75 bits per heavy atom. The molecule has 0 unspecified atom stereocenters. The first-order valence-corrected chi connectivity index (χ1v) is 8.58. The molecule has 0 fully saturated rings. The van der Waals surface area contributed by atoms with Crippen molar-refractivity contribution >= 4 is 29.5 Å². The summed E-state index contributed by atoms with van der Waals surface area (Å²) in [6, 6.07) is 7.35. The van der Waals surface area contributed by atoms with E-state index >= 15 is 0 Å². The van der Waals surface area contributed by atoms with Crippen LogP contribution in [0.3, 0.4) is 0 Å². The fourth-order valence-corrected chi connectivity index (χ4v) is 2.31. The van der Waals surface area contributed by atoms with Crippen LogP contribution in [0, 0.1) is 0 Å². The van der Waals surface area contributed by atoms with E-state index in [1.54, 1.807) is 6.92 Å². The van der Waals surface area contributed by atoms with E-state index in [2.05, 4.69) is 10.6 Å². The lowest BCUT2D eigenvalue weighted by atomic mass is 10.3. The topological polar surface area (TPSA) is 93.7 Å². The monoisotopic (exact) mass is 354 g/mol. The standard InChI is InChI=1S/C16H22N2O5S/c1-3-17-14(19)9-18-15(20)10-23-16(21)11-24-13-7-5-12(6-8-13)22-4-2/h5-8H,3-4,9-11H2,1-2H3,(H,17,19)(H,18,20). The Balaban J connectivity index is 2.21. The van der Waals surface area contributed by atoms with Gasteiger partial charge in [0, 0.05) is 11.4 Å². The maximum atomic E-state index is 11.6. The summed E-state index contributed by atoms with van der Waals surface area (Å²) in [5.41, 5.74) is 0. The third-order valence-corrected chi connectivity index (χ3v) is 3.66. The molecule has 0 aliphatic rings. The molecule has 1 rings (SSSR count). The van der Waals surface area contributed by atoms with Crippen molar-refractivity contribution in [3.63, 3.8) is 0 Å². The predicted octanol–water partition coefficient (Wildman–Crippen LogP) is 0.973. The fraction of sp³-hybridized carbons (Fsp3) is 0.438. The molecule has 0 saturated carbocycles. The van der Waals surface area contributed by atoms with Gasteiger partial charge in [0.25, 0.3) is 5.91 Å². The molecule has 0 aliphatic carbocycles. The molecule has 0 saturated heterocycles. The Bertz CT molecular complexity index is 548. The number of rotatable bonds is 10. The SMILES string of the molecule is CCNC(=O)CNC(=O)COC(=O)CSc1ccc(OCC)cc1. The van der Waals surface area contributed by atoms with E-state index < -0.39 is 18.5 Å². The zero-order chi connectivity index (χ0) is 17.8. The molecule has 0 bridgehead atoms. The van der Waals surface area contributed by atoms with Crippen LogP contribution in [0.2, 0.25) is 0 Å². The van der Waals surface area contributed by atoms with Crippen LogP contribution in [0.15, 0.2) is 29.2 Å². The Morgan fingerprint density at radius 1 is 1.04 bits per heavy atom. The zero-order valence-electron chi connectivity index (χ0n) is 13.8. The van der Waals surface area contributed by atoms with E-state index in [9.17, 15) is 14.4 Å². The highest BCUT2D eigenvalue weighted by atomic mass is 32.2. The first-order valence-electron chi connectivity index (χ1n) is 7.59. The fourth-order valence-electron chi connectivity index (χ4n) is 1.62. The Morgan fingerprint density at radius 3 is 2.38 bits per heavy atom. The molecule has 0 radical (unpaired) electrons. The average molecular weight is 354 g/mol. The van der Waals surface area contributed by atoms with Crippen LogP contribution in [-0.2, 0) is 19.1 Å². The number of thioether (sulfide) groups is 1. The molecule has 7 nitrogen and oxygen atoms in total. The molecule has 132 valence electrons. The largest absolute Gasteiger partial charge is 0.494 e. The van der Waals surface area contributed by atoms with Gasteiger partial charge in [0.1, 0.15) is 5.75 Å². The quantitative estimate of drug-likeness (QED) is 0.480. The third-order valence-electron chi connectivity index (χ3n) is 2.68. The van der Waals surface area contributed by atoms with Gasteiger partial charge in [-0.25, -0.2) is 0 Å². The molecule has 8 heteroatoms. The summed E-state index contributed by atoms with van der Waals surface area (Å²) in [7, 11) is 0. The number of likely N-dealkylation sites (N-methyl/N-ethyl adjacent to an activating group) is 1. The second kappa shape index (κ2) is 11.3. The summed E-state index contributed by atoms with van der Waals surface area (Å²) in [6.07, 6.45) is 0. The Kier molecular flexibility index (Phi) is 9.36. The number of ether oxygens (including phenoxy) is 2. The molecule has 0 heterocycles. The summed E-state index contributed by atoms with van der Waals surface area (Å²) in [4.78, 5) is 35.1. The molecule has 0 aromatic heterocycles. The van der Waals surface area contributed by atoms with Crippen LogP contribution in [-0.4, -0.2) is 49.8 Å². The minimum Gasteiger partial charge on any atom is -0.494 e. The lowest BCUT2D eigenvalue weighted by Gasteiger charge is -2.07. The maximum Gasteiger partial charge on any atom is 0.316 e. The van der Waals surface area contributed by atoms with Crippen molar-refractivity contribution in [2.75, 3.05) is 32.1 Å². The Hall–Kier alpha value is -2.22. The van der Waals surface area contributed by atoms with Crippen LogP contribution >= 0.6 is 11.8 Å². The van der Waals surface area contributed by atoms with Crippen molar-refractivity contribution < 1.29 is 23.9 Å². The van der Waals surface area contributed by atoms with Crippen LogP contribution in [0.4, 0.5) is 0 Å². The lowest BCUT2D eigenvalue weighted by molar-refractivity contribution is -0.146. The zero-order valence-corrected chi connectivity index (χ0v) is 14.6. The minimum atomic E-state index is -0.513. The second-order valence-corrected chi connectivity index (χ2v) is 5.63. The molecule has 0 spiro atoms. The highest BCUT2D eigenvalue weighted by Crippen LogP contribution is 2.21. The number of carbonyl (C=O) groups excluding carboxylic acids is 3. The van der Waals surface area contributed by atoms with Gasteiger partial charge in [-0.3, -0.25) is 14.4 Å². The van der Waals surface area contributed by atoms with Gasteiger partial charge >= 0.3 is 5.97 Å². The molecule has 2 amide bonds. The number of esters is 1. The number of benzene rings is 1. The molecule has 2 N–H and O–H groups in total. The van der Waals surface area contributed by atoms with Crippen molar-refractivity contribution in [1.82, 2.24) is 10.6 Å². The van der Waals surface area contributed by atoms with Gasteiger partial charge in [-0.1, -0.05) is 0 Å². The number of amides is 2. The molecule has 24 heavy (non-hydrogen) atoms. The van der Waals surface area contributed by atoms with Crippen molar-refractivity contribution in [3.05, 3.63) is 24.3 Å². The molecule has 1 aromatic carbocycles. The van der Waals surface area contributed by atoms with Gasteiger partial charge in [0.05, 0.1) is 18.9 Å². The number of hydrogen-bond donors (Lipinski definition) is 2. The van der Waals surface area contributed by atoms with Crippen molar-refractivity contribution in [3.8, 4) is 5.75 Å². The smallest absolute Gasteiger partial charge is 0.316 e. The average Bonchev–Trinajstić information content (AvgIpc) is 2.58. The normalized spacial score (nSPS) is 9.92. The molecular formula is C16H22N2O5S. The van der Waals surface area contributed by atoms with E-state index in [4.69, 9.17) is 9.47 Å². The summed E-state index contributed by atoms with van der Waals surface area (Å²) in [5, 5.41) is 4.91. The third kappa shape index (κ3) is 8.42. The van der Waals surface area contributed by atoms with Gasteiger partial charge in [-0.15, -0.1) is 11.8 Å². The summed E-state index contributed by atoms with van der Waals surface area (Å²) >= 11 is 1.31. The van der Waals surface area contributed by atoms with E-state index in [0.717, 1.165) is 10.6 Å². The van der Waals surface area contributed by atoms with Gasteiger partial charge in [0.2, 0.25) is 5.91 Å². The number of carbonyl (C=O) groups is 3. The van der Waals surface area contributed by atoms with Crippen molar-refractivity contribution in [1.29, 1.82) is 0 Å². The minimum absolute atomic E-state index is 0.0948. The first kappa shape index (κ1) is 19.8. The highest BCUT2D eigenvalue weighted by molar-refractivity contribution is 8.00. The van der Waals surface area contributed by atoms with Gasteiger partial charge in [0.15, 0.2) is 6.61 Å². The first-order chi connectivity index (χ1) is 11.5. The van der Waals surface area contributed by atoms with Gasteiger partial charge in [-0.05, 0) is 38.1 Å².